The van der Waals surface area contributed by atoms with Gasteiger partial charge in [-0.15, -0.1) is 0 Å². The van der Waals surface area contributed by atoms with E-state index in [1.165, 1.54) is 0 Å². The van der Waals surface area contributed by atoms with Crippen LogP contribution in [-0.4, -0.2) is 27.4 Å². The van der Waals surface area contributed by atoms with E-state index in [1.807, 2.05) is 75.4 Å². The van der Waals surface area contributed by atoms with E-state index in [2.05, 4.69) is 15.3 Å². The Labute approximate surface area is 188 Å². The molecule has 2 N–H and O–H groups in total. The number of aromatic nitrogens is 1. The van der Waals surface area contributed by atoms with Crippen molar-refractivity contribution in [2.24, 2.45) is 10.9 Å². The number of carbonyl (C=O) groups is 1. The molecule has 2 rings (SSSR count). The number of nitriles is 2. The van der Waals surface area contributed by atoms with E-state index in [1.54, 1.807) is 12.4 Å². The molecule has 0 fully saturated rings. The fourth-order valence-corrected chi connectivity index (χ4v) is 3.01. The van der Waals surface area contributed by atoms with Crippen LogP contribution in [0.25, 0.3) is 5.57 Å². The van der Waals surface area contributed by atoms with Crippen molar-refractivity contribution < 1.29 is 9.90 Å². The quantitative estimate of drug-likeness (QED) is 0.344. The fraction of sp³-hybridized carbons (Fsp3) is 0.320. The summed E-state index contributed by atoms with van der Waals surface area (Å²) in [6, 6.07) is 15.3. The van der Waals surface area contributed by atoms with Crippen molar-refractivity contribution in [3.8, 4) is 12.1 Å². The van der Waals surface area contributed by atoms with E-state index < -0.39 is 17.4 Å². The van der Waals surface area contributed by atoms with Crippen molar-refractivity contribution in [1.29, 1.82) is 10.5 Å². The Bertz CT molecular complexity index is 1060. The summed E-state index contributed by atoms with van der Waals surface area (Å²) in [6.07, 6.45) is 6.71. The van der Waals surface area contributed by atoms with E-state index in [0.717, 1.165) is 16.7 Å². The summed E-state index contributed by atoms with van der Waals surface area (Å²) < 4.78 is 0. The number of amidine groups is 1. The van der Waals surface area contributed by atoms with Crippen LogP contribution in [0.5, 0.6) is 0 Å². The van der Waals surface area contributed by atoms with Gasteiger partial charge in [0.25, 0.3) is 0 Å². The molecule has 0 atom stereocenters. The lowest BCUT2D eigenvalue weighted by molar-refractivity contribution is -0.137. The summed E-state index contributed by atoms with van der Waals surface area (Å²) in [4.78, 5) is 19.6. The SMILES string of the molecule is CC(C)(C)N=C(Nc1cccc(/C(=C\CCCC(=O)O)c2cccnc2)c1)C(C#N)C#N. The van der Waals surface area contributed by atoms with Gasteiger partial charge in [-0.1, -0.05) is 24.3 Å². The van der Waals surface area contributed by atoms with Crippen LogP contribution in [0, 0.1) is 28.6 Å². The Balaban J connectivity index is 2.41. The van der Waals surface area contributed by atoms with Gasteiger partial charge in [0.1, 0.15) is 5.84 Å². The van der Waals surface area contributed by atoms with Gasteiger partial charge in [0.15, 0.2) is 5.92 Å². The highest BCUT2D eigenvalue weighted by Crippen LogP contribution is 2.26. The maximum Gasteiger partial charge on any atom is 0.303 e. The Kier molecular flexibility index (Phi) is 8.68. The second-order valence-corrected chi connectivity index (χ2v) is 8.21. The number of anilines is 1. The minimum absolute atomic E-state index is 0.106. The van der Waals surface area contributed by atoms with Gasteiger partial charge in [-0.2, -0.15) is 10.5 Å². The molecule has 0 aliphatic rings. The molecule has 0 aliphatic carbocycles. The second-order valence-electron chi connectivity index (χ2n) is 8.21. The van der Waals surface area contributed by atoms with Gasteiger partial charge in [0, 0.05) is 30.1 Å². The summed E-state index contributed by atoms with van der Waals surface area (Å²) >= 11 is 0. The Morgan fingerprint density at radius 3 is 2.53 bits per heavy atom. The molecule has 1 aromatic heterocycles. The van der Waals surface area contributed by atoms with Crippen LogP contribution in [0.2, 0.25) is 0 Å². The maximum absolute atomic E-state index is 10.8. The molecular weight excluding hydrogens is 402 g/mol. The molecule has 0 bridgehead atoms. The van der Waals surface area contributed by atoms with Crippen LogP contribution in [-0.2, 0) is 4.79 Å². The monoisotopic (exact) mass is 429 g/mol. The highest BCUT2D eigenvalue weighted by molar-refractivity contribution is 6.01. The van der Waals surface area contributed by atoms with Crippen molar-refractivity contribution in [2.45, 2.75) is 45.6 Å². The first-order valence-electron chi connectivity index (χ1n) is 10.3. The molecule has 0 saturated carbocycles. The van der Waals surface area contributed by atoms with Crippen molar-refractivity contribution >= 4 is 23.1 Å². The first-order chi connectivity index (χ1) is 15.2. The molecular formula is C25H27N5O2. The van der Waals surface area contributed by atoms with Gasteiger partial charge < -0.3 is 10.4 Å². The third kappa shape index (κ3) is 7.70. The lowest BCUT2D eigenvalue weighted by Crippen LogP contribution is -2.26. The number of nitrogens with zero attached hydrogens (tertiary/aromatic N) is 4. The van der Waals surface area contributed by atoms with Crippen molar-refractivity contribution in [3.63, 3.8) is 0 Å². The van der Waals surface area contributed by atoms with E-state index in [0.29, 0.717) is 24.4 Å². The highest BCUT2D eigenvalue weighted by Gasteiger charge is 2.19. The third-order valence-electron chi connectivity index (χ3n) is 4.35. The van der Waals surface area contributed by atoms with E-state index in [4.69, 9.17) is 5.11 Å². The van der Waals surface area contributed by atoms with Crippen LogP contribution in [0.3, 0.4) is 0 Å². The average molecular weight is 430 g/mol. The average Bonchev–Trinajstić information content (AvgIpc) is 2.74. The van der Waals surface area contributed by atoms with Crippen LogP contribution >= 0.6 is 0 Å². The minimum atomic E-state index is -1.01. The molecule has 0 aliphatic heterocycles. The van der Waals surface area contributed by atoms with Crippen LogP contribution < -0.4 is 5.32 Å². The third-order valence-corrected chi connectivity index (χ3v) is 4.35. The van der Waals surface area contributed by atoms with Crippen molar-refractivity contribution in [2.75, 3.05) is 5.32 Å². The normalized spacial score (nSPS) is 12.2. The lowest BCUT2D eigenvalue weighted by atomic mass is 9.97. The predicted octanol–water partition coefficient (Wildman–Crippen LogP) is 5.04. The molecule has 0 saturated heterocycles. The lowest BCUT2D eigenvalue weighted by Gasteiger charge is -2.18. The molecule has 32 heavy (non-hydrogen) atoms. The fourth-order valence-electron chi connectivity index (χ4n) is 3.01. The predicted molar refractivity (Wildman–Crippen MR) is 125 cm³/mol. The first-order valence-corrected chi connectivity index (χ1v) is 10.3. The summed E-state index contributed by atoms with van der Waals surface area (Å²) in [7, 11) is 0. The number of rotatable bonds is 8. The Morgan fingerprint density at radius 2 is 1.94 bits per heavy atom. The van der Waals surface area contributed by atoms with Gasteiger partial charge in [-0.25, -0.2) is 0 Å². The number of carboxylic acids is 1. The second kappa shape index (κ2) is 11.4. The number of nitrogens with one attached hydrogen (secondary N) is 1. The molecule has 0 unspecified atom stereocenters. The Hall–Kier alpha value is -3.97. The molecule has 7 nitrogen and oxygen atoms in total. The number of allylic oxidation sites excluding steroid dienone is 1. The van der Waals surface area contributed by atoms with E-state index in [9.17, 15) is 15.3 Å². The van der Waals surface area contributed by atoms with Crippen LogP contribution in [0.4, 0.5) is 5.69 Å². The number of pyridine rings is 1. The van der Waals surface area contributed by atoms with Gasteiger partial charge >= 0.3 is 5.97 Å². The van der Waals surface area contributed by atoms with Crippen LogP contribution in [0.1, 0.15) is 51.2 Å². The van der Waals surface area contributed by atoms with Crippen molar-refractivity contribution in [3.05, 3.63) is 66.0 Å². The standard InChI is InChI=1S/C25H27N5O2/c1-25(2,3)30-24(20(15-26)16-27)29-21-10-6-8-18(14-21)22(11-4-5-12-23(31)32)19-9-7-13-28-17-19/h6-11,13-14,17,20H,4-5,12H2,1-3H3,(H,29,30)(H,31,32)/b22-11+. The zero-order chi connectivity index (χ0) is 23.6. The number of aliphatic imine (C=N–C) groups is 1. The number of carboxylic acid groups (broad SMARTS) is 1. The molecule has 1 aromatic carbocycles. The zero-order valence-corrected chi connectivity index (χ0v) is 18.5. The van der Waals surface area contributed by atoms with Gasteiger partial charge in [0.2, 0.25) is 0 Å². The number of benzene rings is 1. The van der Waals surface area contributed by atoms with Gasteiger partial charge in [0.05, 0.1) is 17.7 Å². The molecule has 164 valence electrons. The van der Waals surface area contributed by atoms with Gasteiger partial charge in [-0.3, -0.25) is 14.8 Å². The minimum Gasteiger partial charge on any atom is -0.481 e. The topological polar surface area (TPSA) is 122 Å². The molecule has 2 aromatic rings. The number of hydrogen-bond donors (Lipinski definition) is 2. The van der Waals surface area contributed by atoms with Gasteiger partial charge in [-0.05, 0) is 62.9 Å². The summed E-state index contributed by atoms with van der Waals surface area (Å²) in [5, 5.41) is 30.8. The van der Waals surface area contributed by atoms with Crippen molar-refractivity contribution in [1.82, 2.24) is 4.98 Å². The number of hydrogen-bond acceptors (Lipinski definition) is 5. The molecule has 0 amide bonds. The number of unbranched alkanes of at least 4 members (excludes halogenated alkanes) is 1. The van der Waals surface area contributed by atoms with E-state index in [-0.39, 0.29) is 6.42 Å². The number of aliphatic carboxylic acids is 1. The molecule has 0 spiro atoms. The summed E-state index contributed by atoms with van der Waals surface area (Å²) in [5.74, 6) is -1.53. The molecule has 1 heterocycles. The first kappa shape index (κ1) is 24.3. The molecule has 7 heteroatoms. The highest BCUT2D eigenvalue weighted by atomic mass is 16.4. The van der Waals surface area contributed by atoms with Crippen LogP contribution in [0.15, 0.2) is 59.9 Å². The summed E-state index contributed by atoms with van der Waals surface area (Å²) in [6.45, 7) is 5.70. The molecule has 0 radical (unpaired) electrons. The maximum atomic E-state index is 10.8. The Morgan fingerprint density at radius 1 is 1.22 bits per heavy atom. The zero-order valence-electron chi connectivity index (χ0n) is 18.5. The summed E-state index contributed by atoms with van der Waals surface area (Å²) in [5.41, 5.74) is 2.98. The smallest absolute Gasteiger partial charge is 0.303 e. The van der Waals surface area contributed by atoms with E-state index >= 15 is 0 Å². The largest absolute Gasteiger partial charge is 0.481 e.